The summed E-state index contributed by atoms with van der Waals surface area (Å²) in [5, 5.41) is 10.3. The van der Waals surface area contributed by atoms with Crippen molar-refractivity contribution in [2.24, 2.45) is 0 Å². The molecule has 1 fully saturated rings. The Morgan fingerprint density at radius 1 is 1.60 bits per heavy atom. The number of carboxylic acids is 1. The number of nitrogens with zero attached hydrogens (tertiary/aromatic N) is 1. The van der Waals surface area contributed by atoms with Crippen LogP contribution in [0.3, 0.4) is 0 Å². The molecule has 1 aromatic heterocycles. The average Bonchev–Trinajstić information content (AvgIpc) is 2.77. The fourth-order valence-corrected chi connectivity index (χ4v) is 2.51. The minimum absolute atomic E-state index is 0.167. The van der Waals surface area contributed by atoms with Crippen LogP contribution in [0.1, 0.15) is 28.1 Å². The van der Waals surface area contributed by atoms with Crippen molar-refractivity contribution in [3.05, 3.63) is 21.9 Å². The van der Waals surface area contributed by atoms with E-state index in [1.165, 1.54) is 11.3 Å². The van der Waals surface area contributed by atoms with Crippen molar-refractivity contribution < 1.29 is 14.7 Å². The third kappa shape index (κ3) is 2.18. The van der Waals surface area contributed by atoms with E-state index in [2.05, 4.69) is 0 Å². The van der Waals surface area contributed by atoms with E-state index in [1.54, 1.807) is 16.3 Å². The van der Waals surface area contributed by atoms with E-state index in [1.807, 2.05) is 0 Å². The van der Waals surface area contributed by atoms with E-state index in [-0.39, 0.29) is 5.91 Å². The van der Waals surface area contributed by atoms with Crippen molar-refractivity contribution in [3.63, 3.8) is 0 Å². The van der Waals surface area contributed by atoms with Crippen LogP contribution in [0.25, 0.3) is 0 Å². The normalized spacial score (nSPS) is 16.0. The van der Waals surface area contributed by atoms with Gasteiger partial charge in [0.05, 0.1) is 12.1 Å². The Hall–Kier alpha value is -1.36. The fraction of sp³-hybridized carbons (Fsp3) is 0.400. The monoisotopic (exact) mass is 225 g/mol. The second-order valence-corrected chi connectivity index (χ2v) is 4.52. The van der Waals surface area contributed by atoms with Crippen LogP contribution in [0.2, 0.25) is 0 Å². The highest BCUT2D eigenvalue weighted by Gasteiger charge is 2.20. The topological polar surface area (TPSA) is 57.6 Å². The lowest BCUT2D eigenvalue weighted by molar-refractivity contribution is -0.128. The van der Waals surface area contributed by atoms with Gasteiger partial charge in [-0.3, -0.25) is 4.79 Å². The van der Waals surface area contributed by atoms with Gasteiger partial charge in [0.15, 0.2) is 0 Å². The molecular formula is C10H11NO3S. The summed E-state index contributed by atoms with van der Waals surface area (Å²) in [5.41, 5.74) is 0.307. The van der Waals surface area contributed by atoms with Crippen LogP contribution in [0.15, 0.2) is 11.4 Å². The molecule has 4 nitrogen and oxygen atoms in total. The Morgan fingerprint density at radius 2 is 2.40 bits per heavy atom. The molecule has 0 unspecified atom stereocenters. The highest BCUT2D eigenvalue weighted by molar-refractivity contribution is 7.10. The highest BCUT2D eigenvalue weighted by atomic mass is 32.1. The van der Waals surface area contributed by atoms with Gasteiger partial charge in [-0.15, -0.1) is 11.3 Å². The Balaban J connectivity index is 2.04. The zero-order valence-corrected chi connectivity index (χ0v) is 8.92. The van der Waals surface area contributed by atoms with Gasteiger partial charge < -0.3 is 10.0 Å². The maximum absolute atomic E-state index is 11.3. The van der Waals surface area contributed by atoms with Gasteiger partial charge in [-0.05, 0) is 12.5 Å². The third-order valence-corrected chi connectivity index (χ3v) is 3.34. The number of hydrogen-bond donors (Lipinski definition) is 1. The van der Waals surface area contributed by atoms with Crippen molar-refractivity contribution in [1.29, 1.82) is 0 Å². The van der Waals surface area contributed by atoms with Crippen LogP contribution in [-0.2, 0) is 11.3 Å². The molecule has 5 heteroatoms. The van der Waals surface area contributed by atoms with Crippen LogP contribution in [0, 0.1) is 0 Å². The van der Waals surface area contributed by atoms with Gasteiger partial charge >= 0.3 is 5.97 Å². The Morgan fingerprint density at radius 3 is 2.93 bits per heavy atom. The Labute approximate surface area is 91.1 Å². The lowest BCUT2D eigenvalue weighted by Crippen LogP contribution is -2.23. The molecule has 0 aromatic carbocycles. The molecule has 80 valence electrons. The van der Waals surface area contributed by atoms with Gasteiger partial charge in [-0.2, -0.15) is 0 Å². The van der Waals surface area contributed by atoms with Gasteiger partial charge in [0.2, 0.25) is 5.91 Å². The smallest absolute Gasteiger partial charge is 0.336 e. The van der Waals surface area contributed by atoms with Gasteiger partial charge in [-0.1, -0.05) is 0 Å². The van der Waals surface area contributed by atoms with E-state index >= 15 is 0 Å². The van der Waals surface area contributed by atoms with Crippen molar-refractivity contribution in [1.82, 2.24) is 4.90 Å². The molecular weight excluding hydrogens is 214 g/mol. The summed E-state index contributed by atoms with van der Waals surface area (Å²) in [6, 6.07) is 1.64. The minimum Gasteiger partial charge on any atom is -0.478 e. The summed E-state index contributed by atoms with van der Waals surface area (Å²) in [7, 11) is 0. The SMILES string of the molecule is O=C(O)c1csc(CN2CCCC2=O)c1. The number of likely N-dealkylation sites (tertiary alicyclic amines) is 1. The molecule has 2 heterocycles. The molecule has 0 atom stereocenters. The van der Waals surface area contributed by atoms with Crippen LogP contribution >= 0.6 is 11.3 Å². The number of carboxylic acid groups (broad SMARTS) is 1. The standard InChI is InChI=1S/C10H11NO3S/c12-9-2-1-3-11(9)5-8-4-7(6-15-8)10(13)14/h4,6H,1-3,5H2,(H,13,14). The maximum Gasteiger partial charge on any atom is 0.336 e. The molecule has 1 aliphatic rings. The van der Waals surface area contributed by atoms with Crippen LogP contribution in [-0.4, -0.2) is 28.4 Å². The Kier molecular flexibility index (Phi) is 2.73. The fourth-order valence-electron chi connectivity index (χ4n) is 1.64. The van der Waals surface area contributed by atoms with Gasteiger partial charge in [0, 0.05) is 23.2 Å². The lowest BCUT2D eigenvalue weighted by Gasteiger charge is -2.13. The van der Waals surface area contributed by atoms with E-state index in [0.29, 0.717) is 18.5 Å². The molecule has 15 heavy (non-hydrogen) atoms. The van der Waals surface area contributed by atoms with Gasteiger partial charge in [0.1, 0.15) is 0 Å². The predicted molar refractivity (Wildman–Crippen MR) is 55.9 cm³/mol. The molecule has 0 aliphatic carbocycles. The van der Waals surface area contributed by atoms with Crippen molar-refractivity contribution in [3.8, 4) is 0 Å². The summed E-state index contributed by atoms with van der Waals surface area (Å²) in [5.74, 6) is -0.745. The summed E-state index contributed by atoms with van der Waals surface area (Å²) in [6.07, 6.45) is 1.53. The number of rotatable bonds is 3. The second-order valence-electron chi connectivity index (χ2n) is 3.53. The molecule has 1 aliphatic heterocycles. The molecule has 0 radical (unpaired) electrons. The van der Waals surface area contributed by atoms with E-state index in [0.717, 1.165) is 17.8 Å². The molecule has 0 spiro atoms. The number of carbonyl (C=O) groups is 2. The lowest BCUT2D eigenvalue weighted by atomic mass is 10.3. The highest BCUT2D eigenvalue weighted by Crippen LogP contribution is 2.20. The predicted octanol–water partition coefficient (Wildman–Crippen LogP) is 1.57. The average molecular weight is 225 g/mol. The molecule has 1 saturated heterocycles. The molecule has 0 bridgehead atoms. The number of amides is 1. The number of carbonyl (C=O) groups excluding carboxylic acids is 1. The molecule has 1 aromatic rings. The summed E-state index contributed by atoms with van der Waals surface area (Å²) >= 11 is 1.39. The first-order valence-corrected chi connectivity index (χ1v) is 5.63. The van der Waals surface area contributed by atoms with Crippen LogP contribution < -0.4 is 0 Å². The molecule has 0 saturated carbocycles. The first-order chi connectivity index (χ1) is 7.16. The second kappa shape index (κ2) is 4.02. The van der Waals surface area contributed by atoms with Gasteiger partial charge in [-0.25, -0.2) is 4.79 Å². The summed E-state index contributed by atoms with van der Waals surface area (Å²) < 4.78 is 0. The quantitative estimate of drug-likeness (QED) is 0.849. The molecule has 1 amide bonds. The van der Waals surface area contributed by atoms with Gasteiger partial charge in [0.25, 0.3) is 0 Å². The van der Waals surface area contributed by atoms with Crippen LogP contribution in [0.4, 0.5) is 0 Å². The Bertz CT molecular complexity index is 399. The zero-order valence-electron chi connectivity index (χ0n) is 8.10. The van der Waals surface area contributed by atoms with E-state index in [9.17, 15) is 9.59 Å². The number of hydrogen-bond acceptors (Lipinski definition) is 3. The summed E-state index contributed by atoms with van der Waals surface area (Å²) in [4.78, 5) is 24.7. The first kappa shape index (κ1) is 10.2. The minimum atomic E-state index is -0.912. The molecule has 1 N–H and O–H groups in total. The van der Waals surface area contributed by atoms with Crippen molar-refractivity contribution in [2.45, 2.75) is 19.4 Å². The maximum atomic E-state index is 11.3. The number of aromatic carboxylic acids is 1. The largest absolute Gasteiger partial charge is 0.478 e. The van der Waals surface area contributed by atoms with E-state index < -0.39 is 5.97 Å². The molecule has 2 rings (SSSR count). The van der Waals surface area contributed by atoms with Crippen molar-refractivity contribution >= 4 is 23.2 Å². The first-order valence-electron chi connectivity index (χ1n) is 4.75. The summed E-state index contributed by atoms with van der Waals surface area (Å²) in [6.45, 7) is 1.34. The van der Waals surface area contributed by atoms with Crippen LogP contribution in [0.5, 0.6) is 0 Å². The van der Waals surface area contributed by atoms with Crippen molar-refractivity contribution in [2.75, 3.05) is 6.54 Å². The zero-order chi connectivity index (χ0) is 10.8. The number of thiophene rings is 1. The van der Waals surface area contributed by atoms with E-state index in [4.69, 9.17) is 5.11 Å². The third-order valence-electron chi connectivity index (χ3n) is 2.42.